The van der Waals surface area contributed by atoms with Gasteiger partial charge in [0.25, 0.3) is 0 Å². The van der Waals surface area contributed by atoms with Gasteiger partial charge < -0.3 is 14.4 Å². The van der Waals surface area contributed by atoms with Crippen molar-refractivity contribution in [3.63, 3.8) is 0 Å². The Labute approximate surface area is 209 Å². The highest BCUT2D eigenvalue weighted by molar-refractivity contribution is 5.75. The molecule has 0 saturated heterocycles. The van der Waals surface area contributed by atoms with Gasteiger partial charge in [0.1, 0.15) is 11.3 Å². The molecule has 8 nitrogen and oxygen atoms in total. The maximum absolute atomic E-state index is 10.4. The van der Waals surface area contributed by atoms with Gasteiger partial charge in [0.2, 0.25) is 5.95 Å². The van der Waals surface area contributed by atoms with E-state index in [-0.39, 0.29) is 17.7 Å². The van der Waals surface area contributed by atoms with Crippen molar-refractivity contribution in [1.82, 2.24) is 19.9 Å². The summed E-state index contributed by atoms with van der Waals surface area (Å²) < 4.78 is 5.77. The second kappa shape index (κ2) is 10.3. The number of phenols is 1. The lowest BCUT2D eigenvalue weighted by molar-refractivity contribution is 0.477. The van der Waals surface area contributed by atoms with E-state index in [4.69, 9.17) is 4.42 Å². The number of hydrogen-bond donors (Lipinski definition) is 2. The monoisotopic (exact) mass is 478 g/mol. The Morgan fingerprint density at radius 1 is 0.833 bits per heavy atom. The predicted octanol–water partition coefficient (Wildman–Crippen LogP) is 6.15. The largest absolute Gasteiger partial charge is 0.507 e. The van der Waals surface area contributed by atoms with Crippen LogP contribution in [-0.2, 0) is 0 Å². The number of oxazole rings is 1. The number of aromatic hydroxyl groups is 1. The number of nitrogens with one attached hydrogen (secondary N) is 1. The van der Waals surface area contributed by atoms with Crippen LogP contribution < -0.4 is 10.2 Å². The Kier molecular flexibility index (Phi) is 6.57. The molecule has 0 aliphatic rings. The molecule has 2 N–H and O–H groups in total. The Hall–Kier alpha value is -4.72. The molecule has 2 heterocycles. The number of benzene rings is 3. The quantitative estimate of drug-likeness (QED) is 0.274. The summed E-state index contributed by atoms with van der Waals surface area (Å²) >= 11 is 0. The summed E-state index contributed by atoms with van der Waals surface area (Å²) in [4.78, 5) is 20.3. The van der Waals surface area contributed by atoms with E-state index in [0.29, 0.717) is 22.8 Å². The zero-order valence-electron chi connectivity index (χ0n) is 20.1. The molecule has 0 aliphatic carbocycles. The van der Waals surface area contributed by atoms with Crippen LogP contribution in [0.3, 0.4) is 0 Å². The van der Waals surface area contributed by atoms with E-state index in [2.05, 4.69) is 68.3 Å². The zero-order valence-corrected chi connectivity index (χ0v) is 20.1. The van der Waals surface area contributed by atoms with Crippen molar-refractivity contribution in [1.29, 1.82) is 0 Å². The Morgan fingerprint density at radius 2 is 1.58 bits per heavy atom. The van der Waals surface area contributed by atoms with Crippen LogP contribution in [0, 0.1) is 0 Å². The van der Waals surface area contributed by atoms with E-state index in [1.807, 2.05) is 42.5 Å². The van der Waals surface area contributed by atoms with Crippen molar-refractivity contribution in [3.05, 3.63) is 84.2 Å². The van der Waals surface area contributed by atoms with Crippen LogP contribution in [0.25, 0.3) is 34.6 Å². The Balaban J connectivity index is 1.48. The fourth-order valence-corrected chi connectivity index (χ4v) is 3.88. The molecule has 5 aromatic rings. The third-order valence-electron chi connectivity index (χ3n) is 5.76. The number of rotatable bonds is 8. The molecule has 36 heavy (non-hydrogen) atoms. The van der Waals surface area contributed by atoms with E-state index in [0.717, 1.165) is 24.2 Å². The molecular weight excluding hydrogens is 452 g/mol. The Bertz CT molecular complexity index is 1470. The van der Waals surface area contributed by atoms with Crippen LogP contribution in [0.5, 0.6) is 5.75 Å². The summed E-state index contributed by atoms with van der Waals surface area (Å²) in [7, 11) is 0. The van der Waals surface area contributed by atoms with Crippen molar-refractivity contribution >= 4 is 40.9 Å². The zero-order chi connectivity index (χ0) is 24.9. The molecule has 8 heteroatoms. The third kappa shape index (κ3) is 5.02. The number of fused-ring (bicyclic) bond motifs is 1. The van der Waals surface area contributed by atoms with Gasteiger partial charge in [-0.1, -0.05) is 42.5 Å². The fraction of sp³-hybridized carbons (Fsp3) is 0.143. The minimum Gasteiger partial charge on any atom is -0.507 e. The summed E-state index contributed by atoms with van der Waals surface area (Å²) in [5.74, 6) is 1.10. The standard InChI is InChI=1S/C28H26N6O2/c1-3-34(4-2)20-16-13-19(14-17-20)15-18-25-30-26(21-9-5-7-11-23(21)35)32-27(31-25)33-28-29-22-10-6-8-12-24(22)36-28/h5-18,35H,3-4H2,1-2H3,(H,29,30,31,32,33)/b18-15+. The molecule has 0 unspecified atom stereocenters. The average molecular weight is 479 g/mol. The van der Waals surface area contributed by atoms with Gasteiger partial charge in [-0.15, -0.1) is 0 Å². The molecule has 5 rings (SSSR count). The van der Waals surface area contributed by atoms with Gasteiger partial charge in [-0.25, -0.2) is 4.98 Å². The number of para-hydroxylation sites is 3. The van der Waals surface area contributed by atoms with Gasteiger partial charge in [-0.3, -0.25) is 5.32 Å². The third-order valence-corrected chi connectivity index (χ3v) is 5.76. The molecular formula is C28H26N6O2. The van der Waals surface area contributed by atoms with E-state index in [1.54, 1.807) is 18.2 Å². The lowest BCUT2D eigenvalue weighted by Gasteiger charge is -2.20. The highest BCUT2D eigenvalue weighted by atomic mass is 16.4. The molecule has 0 spiro atoms. The normalized spacial score (nSPS) is 11.3. The maximum atomic E-state index is 10.4. The fourth-order valence-electron chi connectivity index (χ4n) is 3.88. The molecule has 0 saturated carbocycles. The number of aromatic nitrogens is 4. The molecule has 0 aliphatic heterocycles. The minimum atomic E-state index is 0.0819. The van der Waals surface area contributed by atoms with Gasteiger partial charge in [0, 0.05) is 18.8 Å². The number of nitrogens with zero attached hydrogens (tertiary/aromatic N) is 5. The highest BCUT2D eigenvalue weighted by Gasteiger charge is 2.13. The van der Waals surface area contributed by atoms with Crippen LogP contribution in [0.2, 0.25) is 0 Å². The van der Waals surface area contributed by atoms with Crippen LogP contribution in [0.15, 0.2) is 77.2 Å². The van der Waals surface area contributed by atoms with E-state index >= 15 is 0 Å². The van der Waals surface area contributed by atoms with Crippen LogP contribution >= 0.6 is 0 Å². The smallest absolute Gasteiger partial charge is 0.302 e. The van der Waals surface area contributed by atoms with Gasteiger partial charge in [0.15, 0.2) is 17.2 Å². The summed E-state index contributed by atoms with van der Waals surface area (Å²) in [6, 6.07) is 23.0. The first kappa shape index (κ1) is 23.0. The van der Waals surface area contributed by atoms with Crippen molar-refractivity contribution in [2.24, 2.45) is 0 Å². The van der Waals surface area contributed by atoms with Crippen molar-refractivity contribution in [2.45, 2.75) is 13.8 Å². The second-order valence-electron chi connectivity index (χ2n) is 8.07. The van der Waals surface area contributed by atoms with Crippen LogP contribution in [0.4, 0.5) is 17.7 Å². The SMILES string of the molecule is CCN(CC)c1ccc(/C=C/c2nc(Nc3nc4ccccc4o3)nc(-c3ccccc3O)n2)cc1. The first-order valence-corrected chi connectivity index (χ1v) is 11.8. The number of phenolic OH excluding ortho intramolecular Hbond substituents is 1. The first-order chi connectivity index (χ1) is 17.6. The highest BCUT2D eigenvalue weighted by Crippen LogP contribution is 2.28. The summed E-state index contributed by atoms with van der Waals surface area (Å²) in [6.07, 6.45) is 3.76. The molecule has 0 amide bonds. The molecule has 0 radical (unpaired) electrons. The van der Waals surface area contributed by atoms with E-state index in [9.17, 15) is 5.11 Å². The van der Waals surface area contributed by atoms with Gasteiger partial charge in [-0.05, 0) is 61.9 Å². The average Bonchev–Trinajstić information content (AvgIpc) is 3.31. The minimum absolute atomic E-state index is 0.0819. The molecule has 180 valence electrons. The maximum Gasteiger partial charge on any atom is 0.302 e. The first-order valence-electron chi connectivity index (χ1n) is 11.8. The molecule has 0 atom stereocenters. The lowest BCUT2D eigenvalue weighted by atomic mass is 10.1. The summed E-state index contributed by atoms with van der Waals surface area (Å²) in [6.45, 7) is 6.21. The van der Waals surface area contributed by atoms with Crippen LogP contribution in [-0.4, -0.2) is 38.1 Å². The van der Waals surface area contributed by atoms with Crippen LogP contribution in [0.1, 0.15) is 25.2 Å². The number of anilines is 3. The van der Waals surface area contributed by atoms with Gasteiger partial charge >= 0.3 is 6.01 Å². The van der Waals surface area contributed by atoms with Gasteiger partial charge in [0.05, 0.1) is 5.56 Å². The van der Waals surface area contributed by atoms with Crippen molar-refractivity contribution in [2.75, 3.05) is 23.3 Å². The topological polar surface area (TPSA) is 100 Å². The molecule has 0 bridgehead atoms. The summed E-state index contributed by atoms with van der Waals surface area (Å²) in [5.41, 5.74) is 4.08. The molecule has 0 fully saturated rings. The van der Waals surface area contributed by atoms with Crippen molar-refractivity contribution < 1.29 is 9.52 Å². The molecule has 3 aromatic carbocycles. The van der Waals surface area contributed by atoms with Crippen molar-refractivity contribution in [3.8, 4) is 17.1 Å². The van der Waals surface area contributed by atoms with E-state index < -0.39 is 0 Å². The second-order valence-corrected chi connectivity index (χ2v) is 8.07. The lowest BCUT2D eigenvalue weighted by Crippen LogP contribution is -2.21. The van der Waals surface area contributed by atoms with E-state index in [1.165, 1.54) is 5.69 Å². The Morgan fingerprint density at radius 3 is 2.33 bits per heavy atom. The van der Waals surface area contributed by atoms with Gasteiger partial charge in [-0.2, -0.15) is 15.0 Å². The predicted molar refractivity (Wildman–Crippen MR) is 143 cm³/mol. The molecule has 2 aromatic heterocycles. The number of hydrogen-bond acceptors (Lipinski definition) is 8. The summed E-state index contributed by atoms with van der Waals surface area (Å²) in [5, 5.41) is 13.4.